The Labute approximate surface area is 208 Å². The summed E-state index contributed by atoms with van der Waals surface area (Å²) in [5, 5.41) is 13.7. The number of amides is 1. The zero-order chi connectivity index (χ0) is 25.8. The number of hydrogen-bond acceptors (Lipinski definition) is 5. The Balaban J connectivity index is 0.000000803. The van der Waals surface area contributed by atoms with Gasteiger partial charge in [0, 0.05) is 30.5 Å². The third-order valence-corrected chi connectivity index (χ3v) is 5.30. The van der Waals surface area contributed by atoms with Crippen LogP contribution in [0.2, 0.25) is 0 Å². The molecule has 0 saturated heterocycles. The molecule has 0 fully saturated rings. The summed E-state index contributed by atoms with van der Waals surface area (Å²) in [4.78, 5) is 20.0. The number of nitrogens with two attached hydrogens (primary N) is 1. The average Bonchev–Trinajstić information content (AvgIpc) is 3.23. The molecule has 188 valence electrons. The van der Waals surface area contributed by atoms with Gasteiger partial charge in [0.1, 0.15) is 17.1 Å². The minimum atomic E-state index is 0.161. The van der Waals surface area contributed by atoms with Crippen molar-refractivity contribution in [3.63, 3.8) is 0 Å². The summed E-state index contributed by atoms with van der Waals surface area (Å²) in [7, 11) is 0. The minimum Gasteiger partial charge on any atom is -0.508 e. The zero-order valence-electron chi connectivity index (χ0n) is 21.6. The van der Waals surface area contributed by atoms with Gasteiger partial charge in [-0.2, -0.15) is 0 Å². The quantitative estimate of drug-likeness (QED) is 0.272. The number of phenolic OH excluding ortho intramolecular Hbond substituents is 1. The molecule has 0 aliphatic rings. The van der Waals surface area contributed by atoms with Crippen molar-refractivity contribution in [1.29, 1.82) is 0 Å². The highest BCUT2D eigenvalue weighted by atomic mass is 16.3. The van der Waals surface area contributed by atoms with Crippen LogP contribution in [-0.4, -0.2) is 26.1 Å². The number of para-hydroxylation sites is 1. The van der Waals surface area contributed by atoms with Gasteiger partial charge >= 0.3 is 0 Å². The maximum atomic E-state index is 10.7. The molecule has 0 unspecified atom stereocenters. The number of aromatic nitrogens is 3. The second kappa shape index (κ2) is 13.9. The van der Waals surface area contributed by atoms with E-state index in [-0.39, 0.29) is 12.3 Å². The Morgan fingerprint density at radius 2 is 1.80 bits per heavy atom. The van der Waals surface area contributed by atoms with Crippen LogP contribution in [0, 0.1) is 0 Å². The summed E-state index contributed by atoms with van der Waals surface area (Å²) in [6.07, 6.45) is 4.81. The third kappa shape index (κ3) is 6.72. The van der Waals surface area contributed by atoms with Gasteiger partial charge in [-0.3, -0.25) is 4.79 Å². The first-order chi connectivity index (χ1) is 17.0. The van der Waals surface area contributed by atoms with E-state index >= 15 is 0 Å². The van der Waals surface area contributed by atoms with Crippen molar-refractivity contribution in [3.05, 3.63) is 59.4 Å². The monoisotopic (exact) mass is 477 g/mol. The minimum absolute atomic E-state index is 0.161. The number of benzene rings is 2. The normalized spacial score (nSPS) is 10.3. The van der Waals surface area contributed by atoms with Crippen LogP contribution in [0.25, 0.3) is 21.9 Å². The van der Waals surface area contributed by atoms with Gasteiger partial charge in [0.05, 0.1) is 11.0 Å². The molecule has 7 nitrogen and oxygen atoms in total. The van der Waals surface area contributed by atoms with E-state index in [4.69, 9.17) is 10.7 Å². The van der Waals surface area contributed by atoms with Crippen LogP contribution in [0.3, 0.4) is 0 Å². The molecule has 2 heterocycles. The number of carbonyl (C=O) groups excluding carboxylic acids is 1. The van der Waals surface area contributed by atoms with Gasteiger partial charge in [0.2, 0.25) is 6.41 Å². The number of carbonyl (C=O) groups is 1. The molecule has 0 atom stereocenters. The standard InChI is InChI=1S/C23H25N5O2.C3H8.C2H6/c1-2-3-8-20-27-21-22(17-6-4-5-7-18(17)26-23(21)24)28(20)13-15-9-10-19(30)16(11-15)12-25-14-29;1-3-2;1-2/h4-7,9-11,14,30H,2-3,8,12-13H2,1H3,(H2,24,26)(H,25,29);3H2,1-2H3;1-2H3. The fourth-order valence-corrected chi connectivity index (χ4v) is 3.81. The van der Waals surface area contributed by atoms with Crippen LogP contribution < -0.4 is 11.1 Å². The fraction of sp³-hybridized carbons (Fsp3) is 0.393. The van der Waals surface area contributed by atoms with Crippen molar-refractivity contribution in [2.45, 2.75) is 73.4 Å². The SMILES string of the molecule is CC.CCC.CCCCc1nc2c(N)nc3ccccc3c2n1Cc1ccc(O)c(CNC=O)c1. The molecule has 0 radical (unpaired) electrons. The van der Waals surface area contributed by atoms with Gasteiger partial charge in [0.15, 0.2) is 5.82 Å². The zero-order valence-corrected chi connectivity index (χ0v) is 21.6. The molecule has 0 aliphatic heterocycles. The number of hydrogen-bond donors (Lipinski definition) is 3. The van der Waals surface area contributed by atoms with Crippen LogP contribution in [0.5, 0.6) is 5.75 Å². The third-order valence-electron chi connectivity index (χ3n) is 5.30. The molecule has 0 saturated carbocycles. The van der Waals surface area contributed by atoms with E-state index in [1.807, 2.05) is 50.2 Å². The first kappa shape index (κ1) is 27.6. The van der Waals surface area contributed by atoms with Crippen molar-refractivity contribution in [1.82, 2.24) is 19.9 Å². The van der Waals surface area contributed by atoms with Gasteiger partial charge in [-0.25, -0.2) is 9.97 Å². The number of nitrogen functional groups attached to an aromatic ring is 1. The summed E-state index contributed by atoms with van der Waals surface area (Å²) < 4.78 is 2.20. The van der Waals surface area contributed by atoms with Gasteiger partial charge in [0.25, 0.3) is 0 Å². The highest BCUT2D eigenvalue weighted by Gasteiger charge is 2.17. The Kier molecular flexibility index (Phi) is 11.0. The lowest BCUT2D eigenvalue weighted by atomic mass is 10.1. The van der Waals surface area contributed by atoms with E-state index in [2.05, 4.69) is 35.6 Å². The number of rotatable bonds is 8. The topological polar surface area (TPSA) is 106 Å². The maximum absolute atomic E-state index is 10.7. The van der Waals surface area contributed by atoms with Gasteiger partial charge in [-0.05, 0) is 30.2 Å². The Morgan fingerprint density at radius 1 is 1.09 bits per heavy atom. The van der Waals surface area contributed by atoms with Crippen molar-refractivity contribution in [2.24, 2.45) is 0 Å². The van der Waals surface area contributed by atoms with Crippen LogP contribution in [-0.2, 0) is 24.3 Å². The van der Waals surface area contributed by atoms with Gasteiger partial charge < -0.3 is 20.7 Å². The first-order valence-electron chi connectivity index (χ1n) is 12.5. The van der Waals surface area contributed by atoms with E-state index in [0.29, 0.717) is 24.3 Å². The molecule has 2 aromatic heterocycles. The molecule has 4 N–H and O–H groups in total. The predicted molar refractivity (Wildman–Crippen MR) is 145 cm³/mol. The van der Waals surface area contributed by atoms with Crippen LogP contribution in [0.4, 0.5) is 5.82 Å². The van der Waals surface area contributed by atoms with Crippen molar-refractivity contribution in [3.8, 4) is 5.75 Å². The number of nitrogens with one attached hydrogen (secondary N) is 1. The predicted octanol–water partition coefficient (Wildman–Crippen LogP) is 5.95. The molecule has 1 amide bonds. The fourth-order valence-electron chi connectivity index (χ4n) is 3.81. The lowest BCUT2D eigenvalue weighted by Gasteiger charge is -2.13. The second-order valence-electron chi connectivity index (χ2n) is 8.10. The molecule has 7 heteroatoms. The smallest absolute Gasteiger partial charge is 0.207 e. The highest BCUT2D eigenvalue weighted by molar-refractivity contribution is 6.06. The number of phenols is 1. The van der Waals surface area contributed by atoms with E-state index in [9.17, 15) is 9.90 Å². The average molecular weight is 478 g/mol. The van der Waals surface area contributed by atoms with Crippen LogP contribution in [0.15, 0.2) is 42.5 Å². The summed E-state index contributed by atoms with van der Waals surface area (Å²) in [5.74, 6) is 1.56. The molecule has 0 spiro atoms. The van der Waals surface area contributed by atoms with E-state index in [0.717, 1.165) is 52.6 Å². The highest BCUT2D eigenvalue weighted by Crippen LogP contribution is 2.30. The number of fused-ring (bicyclic) bond motifs is 3. The number of nitrogens with zero attached hydrogens (tertiary/aromatic N) is 3. The summed E-state index contributed by atoms with van der Waals surface area (Å²) in [6.45, 7) is 11.3. The van der Waals surface area contributed by atoms with E-state index in [1.54, 1.807) is 6.07 Å². The lowest BCUT2D eigenvalue weighted by Crippen LogP contribution is -2.11. The maximum Gasteiger partial charge on any atom is 0.207 e. The van der Waals surface area contributed by atoms with Crippen molar-refractivity contribution < 1.29 is 9.90 Å². The second-order valence-corrected chi connectivity index (χ2v) is 8.10. The number of unbranched alkanes of at least 4 members (excludes halogenated alkanes) is 1. The summed E-state index contributed by atoms with van der Waals surface area (Å²) in [5.41, 5.74) is 10.5. The number of aromatic hydroxyl groups is 1. The van der Waals surface area contributed by atoms with Crippen molar-refractivity contribution in [2.75, 3.05) is 5.73 Å². The molecule has 2 aromatic carbocycles. The molecular formula is C28H39N5O2. The molecule has 4 aromatic rings. The Hall–Kier alpha value is -3.61. The van der Waals surface area contributed by atoms with Crippen LogP contribution >= 0.6 is 0 Å². The molecule has 0 bridgehead atoms. The summed E-state index contributed by atoms with van der Waals surface area (Å²) in [6, 6.07) is 13.4. The van der Waals surface area contributed by atoms with Gasteiger partial charge in [-0.15, -0.1) is 0 Å². The molecule has 0 aliphatic carbocycles. The van der Waals surface area contributed by atoms with Crippen molar-refractivity contribution >= 4 is 34.2 Å². The first-order valence-corrected chi connectivity index (χ1v) is 12.5. The number of imidazole rings is 1. The summed E-state index contributed by atoms with van der Waals surface area (Å²) >= 11 is 0. The van der Waals surface area contributed by atoms with E-state index in [1.165, 1.54) is 6.42 Å². The lowest BCUT2D eigenvalue weighted by molar-refractivity contribution is -0.109. The van der Waals surface area contributed by atoms with Gasteiger partial charge in [-0.1, -0.05) is 71.7 Å². The number of anilines is 1. The number of aryl methyl sites for hydroxylation is 1. The number of pyridine rings is 1. The molecular weight excluding hydrogens is 438 g/mol. The molecule has 35 heavy (non-hydrogen) atoms. The largest absolute Gasteiger partial charge is 0.508 e. The Bertz CT molecular complexity index is 1230. The Morgan fingerprint density at radius 3 is 2.49 bits per heavy atom. The van der Waals surface area contributed by atoms with E-state index < -0.39 is 0 Å². The van der Waals surface area contributed by atoms with Crippen LogP contribution in [0.1, 0.15) is 70.8 Å². The molecule has 4 rings (SSSR count).